The Morgan fingerprint density at radius 3 is 2.89 bits per heavy atom. The van der Waals surface area contributed by atoms with Crippen LogP contribution in [-0.2, 0) is 4.79 Å². The highest BCUT2D eigenvalue weighted by Crippen LogP contribution is 2.30. The van der Waals surface area contributed by atoms with Gasteiger partial charge in [-0.15, -0.1) is 0 Å². The normalized spacial score (nSPS) is 18.6. The fourth-order valence-corrected chi connectivity index (χ4v) is 2.58. The lowest BCUT2D eigenvalue weighted by Crippen LogP contribution is -2.11. The molecule has 0 heterocycles. The number of rotatable bonds is 5. The van der Waals surface area contributed by atoms with Crippen LogP contribution in [0.2, 0.25) is 0 Å². The van der Waals surface area contributed by atoms with Crippen LogP contribution in [0.15, 0.2) is 22.7 Å². The maximum atomic E-state index is 11.5. The zero-order chi connectivity index (χ0) is 13.8. The van der Waals surface area contributed by atoms with Gasteiger partial charge in [-0.3, -0.25) is 14.9 Å². The molecule has 2 rings (SSSR count). The molecule has 0 amide bonds. The number of halogens is 1. The van der Waals surface area contributed by atoms with E-state index in [-0.39, 0.29) is 11.6 Å². The minimum atomic E-state index is -0.459. The molecule has 19 heavy (non-hydrogen) atoms. The first-order valence-corrected chi connectivity index (χ1v) is 6.96. The van der Waals surface area contributed by atoms with E-state index in [9.17, 15) is 14.9 Å². The Kier molecular flexibility index (Phi) is 4.52. The number of hydrogen-bond donors (Lipinski definition) is 0. The van der Waals surface area contributed by atoms with Gasteiger partial charge in [0.05, 0.1) is 22.1 Å². The average Bonchev–Trinajstić information content (AvgIpc) is 2.77. The first-order valence-electron chi connectivity index (χ1n) is 6.17. The smallest absolute Gasteiger partial charge is 0.273 e. The van der Waals surface area contributed by atoms with Crippen LogP contribution in [0.1, 0.15) is 25.7 Å². The Hall–Kier alpha value is -1.43. The summed E-state index contributed by atoms with van der Waals surface area (Å²) in [6.07, 6.45) is 3.24. The molecular weight excluding hydrogens is 314 g/mol. The Bertz CT molecular complexity index is 503. The highest BCUT2D eigenvalue weighted by atomic mass is 79.9. The van der Waals surface area contributed by atoms with Gasteiger partial charge in [0.25, 0.3) is 5.69 Å². The van der Waals surface area contributed by atoms with Crippen LogP contribution >= 0.6 is 15.9 Å². The molecule has 0 N–H and O–H groups in total. The average molecular weight is 328 g/mol. The molecule has 102 valence electrons. The number of ether oxygens (including phenoxy) is 1. The number of ketones is 1. The molecule has 0 spiro atoms. The van der Waals surface area contributed by atoms with Crippen molar-refractivity contribution in [2.45, 2.75) is 25.7 Å². The summed E-state index contributed by atoms with van der Waals surface area (Å²) in [5, 5.41) is 10.7. The quantitative estimate of drug-likeness (QED) is 0.613. The van der Waals surface area contributed by atoms with E-state index >= 15 is 0 Å². The maximum Gasteiger partial charge on any atom is 0.273 e. The highest BCUT2D eigenvalue weighted by Gasteiger charge is 2.24. The molecule has 0 bridgehead atoms. The summed E-state index contributed by atoms with van der Waals surface area (Å²) in [6, 6.07) is 4.40. The van der Waals surface area contributed by atoms with Crippen molar-refractivity contribution in [1.82, 2.24) is 0 Å². The van der Waals surface area contributed by atoms with Gasteiger partial charge in [0, 0.05) is 18.4 Å². The van der Waals surface area contributed by atoms with Crippen LogP contribution in [0, 0.1) is 16.0 Å². The number of nitro benzene ring substituents is 1. The fraction of sp³-hybridized carbons (Fsp3) is 0.462. The number of carbonyl (C=O) groups is 1. The molecule has 0 aromatic heterocycles. The van der Waals surface area contributed by atoms with E-state index in [1.54, 1.807) is 6.07 Å². The lowest BCUT2D eigenvalue weighted by Gasteiger charge is -2.10. The first-order chi connectivity index (χ1) is 9.08. The van der Waals surface area contributed by atoms with Crippen molar-refractivity contribution < 1.29 is 14.5 Å². The Labute approximate surface area is 119 Å². The van der Waals surface area contributed by atoms with Gasteiger partial charge >= 0.3 is 0 Å². The molecule has 6 heteroatoms. The summed E-state index contributed by atoms with van der Waals surface area (Å²) in [4.78, 5) is 21.7. The van der Waals surface area contributed by atoms with Gasteiger partial charge in [-0.2, -0.15) is 0 Å². The van der Waals surface area contributed by atoms with E-state index in [1.807, 2.05) is 0 Å². The number of hydrogen-bond acceptors (Lipinski definition) is 4. The number of carbonyl (C=O) groups excluding carboxylic acids is 1. The number of Topliss-reactive ketones (excluding diaryl/α,β-unsaturated/α-hetero) is 1. The van der Waals surface area contributed by atoms with E-state index in [2.05, 4.69) is 15.9 Å². The highest BCUT2D eigenvalue weighted by molar-refractivity contribution is 9.10. The Balaban J connectivity index is 1.93. The molecule has 0 radical (unpaired) electrons. The van der Waals surface area contributed by atoms with Crippen LogP contribution in [0.4, 0.5) is 5.69 Å². The van der Waals surface area contributed by atoms with Gasteiger partial charge < -0.3 is 4.74 Å². The van der Waals surface area contributed by atoms with Gasteiger partial charge in [-0.05, 0) is 41.3 Å². The summed E-state index contributed by atoms with van der Waals surface area (Å²) in [5.41, 5.74) is -0.00450. The molecule has 1 aliphatic carbocycles. The molecule has 1 fully saturated rings. The van der Waals surface area contributed by atoms with Crippen LogP contribution in [0.25, 0.3) is 0 Å². The zero-order valence-electron chi connectivity index (χ0n) is 10.3. The molecule has 1 aliphatic rings. The van der Waals surface area contributed by atoms with Crippen LogP contribution < -0.4 is 4.74 Å². The minimum absolute atomic E-state index is 0.00450. The summed E-state index contributed by atoms with van der Waals surface area (Å²) in [6.45, 7) is 0.399. The van der Waals surface area contributed by atoms with E-state index < -0.39 is 4.92 Å². The Morgan fingerprint density at radius 2 is 2.26 bits per heavy atom. The molecule has 1 unspecified atom stereocenters. The van der Waals surface area contributed by atoms with Crippen molar-refractivity contribution in [2.75, 3.05) is 6.61 Å². The zero-order valence-corrected chi connectivity index (χ0v) is 11.9. The molecule has 0 saturated heterocycles. The Morgan fingerprint density at radius 1 is 1.47 bits per heavy atom. The minimum Gasteiger partial charge on any atom is -0.492 e. The van der Waals surface area contributed by atoms with Crippen molar-refractivity contribution in [3.63, 3.8) is 0 Å². The van der Waals surface area contributed by atoms with Crippen LogP contribution in [0.5, 0.6) is 5.75 Å². The second-order valence-electron chi connectivity index (χ2n) is 4.56. The van der Waals surface area contributed by atoms with Crippen LogP contribution in [0.3, 0.4) is 0 Å². The maximum absolute atomic E-state index is 11.5. The predicted molar refractivity (Wildman–Crippen MR) is 73.3 cm³/mol. The second-order valence-corrected chi connectivity index (χ2v) is 5.42. The number of nitrogens with zero attached hydrogens (tertiary/aromatic N) is 1. The lowest BCUT2D eigenvalue weighted by molar-refractivity contribution is -0.385. The van der Waals surface area contributed by atoms with Crippen molar-refractivity contribution >= 4 is 27.4 Å². The molecule has 1 aromatic carbocycles. The van der Waals surface area contributed by atoms with Gasteiger partial charge in [-0.1, -0.05) is 0 Å². The van der Waals surface area contributed by atoms with E-state index in [0.29, 0.717) is 35.5 Å². The third kappa shape index (κ3) is 3.53. The fourth-order valence-electron chi connectivity index (χ4n) is 2.22. The number of non-ortho nitro benzene ring substituents is 1. The SMILES string of the molecule is O=C1CCCC1CCOc1cc([N+](=O)[O-])ccc1Br. The van der Waals surface area contributed by atoms with Gasteiger partial charge in [-0.25, -0.2) is 0 Å². The lowest BCUT2D eigenvalue weighted by atomic mass is 10.0. The van der Waals surface area contributed by atoms with Gasteiger partial charge in [0.2, 0.25) is 0 Å². The van der Waals surface area contributed by atoms with E-state index in [0.717, 1.165) is 12.8 Å². The molecule has 1 saturated carbocycles. The van der Waals surface area contributed by atoms with Crippen molar-refractivity contribution in [2.24, 2.45) is 5.92 Å². The molecule has 1 aromatic rings. The van der Waals surface area contributed by atoms with Crippen molar-refractivity contribution in [3.05, 3.63) is 32.8 Å². The summed E-state index contributed by atoms with van der Waals surface area (Å²) < 4.78 is 6.21. The monoisotopic (exact) mass is 327 g/mol. The van der Waals surface area contributed by atoms with Gasteiger partial charge in [0.1, 0.15) is 11.5 Å². The molecule has 0 aliphatic heterocycles. The van der Waals surface area contributed by atoms with E-state index in [1.165, 1.54) is 12.1 Å². The number of nitro groups is 1. The third-order valence-corrected chi connectivity index (χ3v) is 3.94. The summed E-state index contributed by atoms with van der Waals surface area (Å²) in [5.74, 6) is 0.846. The summed E-state index contributed by atoms with van der Waals surface area (Å²) >= 11 is 3.29. The third-order valence-electron chi connectivity index (χ3n) is 3.28. The molecule has 1 atom stereocenters. The predicted octanol–water partition coefficient (Wildman–Crippen LogP) is 3.50. The molecular formula is C13H14BrNO4. The largest absolute Gasteiger partial charge is 0.492 e. The topological polar surface area (TPSA) is 69.4 Å². The van der Waals surface area contributed by atoms with Gasteiger partial charge in [0.15, 0.2) is 0 Å². The summed E-state index contributed by atoms with van der Waals surface area (Å²) in [7, 11) is 0. The van der Waals surface area contributed by atoms with E-state index in [4.69, 9.17) is 4.74 Å². The number of benzene rings is 1. The standard InChI is InChI=1S/C13H14BrNO4/c14-11-5-4-10(15(17)18)8-13(11)19-7-6-9-2-1-3-12(9)16/h4-5,8-9H,1-3,6-7H2. The van der Waals surface area contributed by atoms with Crippen LogP contribution in [-0.4, -0.2) is 17.3 Å². The second kappa shape index (κ2) is 6.14. The van der Waals surface area contributed by atoms with Crippen molar-refractivity contribution in [1.29, 1.82) is 0 Å². The molecule has 5 nitrogen and oxygen atoms in total. The first kappa shape index (κ1) is 14.0. The van der Waals surface area contributed by atoms with Crippen molar-refractivity contribution in [3.8, 4) is 5.75 Å².